The van der Waals surface area contributed by atoms with E-state index >= 15 is 0 Å². The van der Waals surface area contributed by atoms with Gasteiger partial charge in [0, 0.05) is 11.3 Å². The number of para-hydroxylation sites is 1. The van der Waals surface area contributed by atoms with Crippen molar-refractivity contribution in [2.45, 2.75) is 56.1 Å². The van der Waals surface area contributed by atoms with Gasteiger partial charge in [-0.3, -0.25) is 9.59 Å². The van der Waals surface area contributed by atoms with Gasteiger partial charge in [-0.1, -0.05) is 38.8 Å². The van der Waals surface area contributed by atoms with Crippen LogP contribution in [-0.4, -0.2) is 22.2 Å². The number of carbonyl (C=O) groups excluding carboxylic acids is 1. The second-order valence-electron chi connectivity index (χ2n) is 4.85. The van der Waals surface area contributed by atoms with Crippen LogP contribution >= 0.6 is 11.8 Å². The van der Waals surface area contributed by atoms with E-state index in [4.69, 9.17) is 5.11 Å². The van der Waals surface area contributed by atoms with Gasteiger partial charge in [-0.25, -0.2) is 0 Å². The molecule has 0 aliphatic carbocycles. The number of benzene rings is 1. The maximum Gasteiger partial charge on any atom is 0.316 e. The van der Waals surface area contributed by atoms with Gasteiger partial charge in [-0.15, -0.1) is 11.8 Å². The molecule has 21 heavy (non-hydrogen) atoms. The van der Waals surface area contributed by atoms with E-state index in [1.807, 2.05) is 31.2 Å². The third-order valence-corrected chi connectivity index (χ3v) is 4.51. The summed E-state index contributed by atoms with van der Waals surface area (Å²) in [6, 6.07) is 7.35. The molecule has 0 heterocycles. The lowest BCUT2D eigenvalue weighted by atomic mass is 10.2. The van der Waals surface area contributed by atoms with Crippen LogP contribution in [0.25, 0.3) is 0 Å². The van der Waals surface area contributed by atoms with Gasteiger partial charge in [-0.05, 0) is 25.0 Å². The molecule has 0 fully saturated rings. The van der Waals surface area contributed by atoms with E-state index in [1.54, 1.807) is 0 Å². The number of unbranched alkanes of at least 4 members (excludes halogenated alkanes) is 2. The second-order valence-corrected chi connectivity index (χ2v) is 6.10. The Hall–Kier alpha value is -1.49. The topological polar surface area (TPSA) is 66.4 Å². The van der Waals surface area contributed by atoms with Crippen molar-refractivity contribution in [3.05, 3.63) is 24.3 Å². The molecule has 0 aliphatic rings. The smallest absolute Gasteiger partial charge is 0.316 e. The number of thioether (sulfide) groups is 1. The van der Waals surface area contributed by atoms with Crippen LogP contribution in [0.1, 0.15) is 46.0 Å². The molecule has 0 aromatic heterocycles. The zero-order chi connectivity index (χ0) is 15.7. The van der Waals surface area contributed by atoms with Gasteiger partial charge in [0.2, 0.25) is 5.91 Å². The van der Waals surface area contributed by atoms with Crippen LogP contribution in [0.4, 0.5) is 5.69 Å². The summed E-state index contributed by atoms with van der Waals surface area (Å²) in [7, 11) is 0. The second kappa shape index (κ2) is 9.45. The van der Waals surface area contributed by atoms with Crippen molar-refractivity contribution in [2.24, 2.45) is 0 Å². The van der Waals surface area contributed by atoms with Crippen LogP contribution in [0.2, 0.25) is 0 Å². The van der Waals surface area contributed by atoms with Crippen LogP contribution in [0.5, 0.6) is 0 Å². The Kier molecular flexibility index (Phi) is 7.90. The molecule has 0 unspecified atom stereocenters. The van der Waals surface area contributed by atoms with Crippen molar-refractivity contribution >= 4 is 29.3 Å². The van der Waals surface area contributed by atoms with Crippen molar-refractivity contribution in [2.75, 3.05) is 5.32 Å². The molecule has 1 rings (SSSR count). The van der Waals surface area contributed by atoms with E-state index in [-0.39, 0.29) is 5.91 Å². The Morgan fingerprint density at radius 2 is 1.95 bits per heavy atom. The Labute approximate surface area is 130 Å². The molecule has 4 nitrogen and oxygen atoms in total. The quantitative estimate of drug-likeness (QED) is 0.531. The molecule has 1 amide bonds. The largest absolute Gasteiger partial charge is 0.480 e. The molecule has 116 valence electrons. The van der Waals surface area contributed by atoms with Crippen molar-refractivity contribution in [3.63, 3.8) is 0 Å². The van der Waals surface area contributed by atoms with E-state index in [0.717, 1.165) is 24.2 Å². The molecule has 0 saturated carbocycles. The summed E-state index contributed by atoms with van der Waals surface area (Å²) in [6.45, 7) is 3.94. The van der Waals surface area contributed by atoms with Crippen LogP contribution < -0.4 is 5.32 Å². The number of hydrogen-bond acceptors (Lipinski definition) is 3. The predicted octanol–water partition coefficient (Wildman–Crippen LogP) is 4.16. The molecule has 0 spiro atoms. The fraction of sp³-hybridized carbons (Fsp3) is 0.500. The maximum absolute atomic E-state index is 11.9. The zero-order valence-corrected chi connectivity index (χ0v) is 13.4. The van der Waals surface area contributed by atoms with Gasteiger partial charge in [0.15, 0.2) is 0 Å². The van der Waals surface area contributed by atoms with Gasteiger partial charge in [0.25, 0.3) is 0 Å². The average Bonchev–Trinajstić information content (AvgIpc) is 2.46. The molecule has 2 N–H and O–H groups in total. The Morgan fingerprint density at radius 3 is 2.57 bits per heavy atom. The van der Waals surface area contributed by atoms with E-state index in [2.05, 4.69) is 12.2 Å². The van der Waals surface area contributed by atoms with E-state index in [1.165, 1.54) is 11.8 Å². The van der Waals surface area contributed by atoms with Crippen molar-refractivity contribution in [1.82, 2.24) is 0 Å². The molecule has 0 saturated heterocycles. The highest BCUT2D eigenvalue weighted by Crippen LogP contribution is 2.32. The number of aliphatic carboxylic acids is 1. The Bertz CT molecular complexity index is 476. The lowest BCUT2D eigenvalue weighted by Gasteiger charge is -2.14. The number of carbonyl (C=O) groups is 2. The molecule has 0 radical (unpaired) electrons. The fourth-order valence-electron chi connectivity index (χ4n) is 1.88. The summed E-state index contributed by atoms with van der Waals surface area (Å²) in [4.78, 5) is 23.8. The Balaban J connectivity index is 2.70. The number of hydrogen-bond donors (Lipinski definition) is 2. The first-order valence-corrected chi connectivity index (χ1v) is 8.24. The summed E-state index contributed by atoms with van der Waals surface area (Å²) in [5.74, 6) is -0.841. The monoisotopic (exact) mass is 309 g/mol. The van der Waals surface area contributed by atoms with Gasteiger partial charge in [0.1, 0.15) is 5.25 Å². The highest BCUT2D eigenvalue weighted by Gasteiger charge is 2.18. The van der Waals surface area contributed by atoms with Crippen molar-refractivity contribution in [1.29, 1.82) is 0 Å². The third-order valence-electron chi connectivity index (χ3n) is 3.08. The van der Waals surface area contributed by atoms with Crippen LogP contribution in [0.15, 0.2) is 29.2 Å². The molecule has 1 atom stereocenters. The predicted molar refractivity (Wildman–Crippen MR) is 86.8 cm³/mol. The third kappa shape index (κ3) is 6.21. The van der Waals surface area contributed by atoms with E-state index in [9.17, 15) is 9.59 Å². The number of rotatable bonds is 9. The SMILES string of the molecule is CCCCCC(=O)Nc1ccccc1S[C@H](CC)C(=O)O. The molecule has 5 heteroatoms. The van der Waals surface area contributed by atoms with Crippen molar-refractivity contribution in [3.8, 4) is 0 Å². The molecule has 1 aromatic rings. The summed E-state index contributed by atoms with van der Waals surface area (Å²) in [5, 5.41) is 11.5. The van der Waals surface area contributed by atoms with Crippen LogP contribution in [-0.2, 0) is 9.59 Å². The zero-order valence-electron chi connectivity index (χ0n) is 12.6. The van der Waals surface area contributed by atoms with Gasteiger partial charge in [-0.2, -0.15) is 0 Å². The summed E-state index contributed by atoms with van der Waals surface area (Å²) >= 11 is 1.28. The number of nitrogens with one attached hydrogen (secondary N) is 1. The standard InChI is InChI=1S/C16H23NO3S/c1-3-5-6-11-15(18)17-12-9-7-8-10-14(12)21-13(4-2)16(19)20/h7-10,13H,3-6,11H2,1-2H3,(H,17,18)(H,19,20)/t13-/m1/s1. The summed E-state index contributed by atoms with van der Waals surface area (Å²) < 4.78 is 0. The highest BCUT2D eigenvalue weighted by molar-refractivity contribution is 8.00. The number of carboxylic acids is 1. The van der Waals surface area contributed by atoms with Crippen LogP contribution in [0, 0.1) is 0 Å². The fourth-order valence-corrected chi connectivity index (χ4v) is 2.86. The van der Waals surface area contributed by atoms with Gasteiger partial charge < -0.3 is 10.4 Å². The normalized spacial score (nSPS) is 11.9. The molecule has 0 bridgehead atoms. The number of anilines is 1. The minimum atomic E-state index is -0.827. The molecular weight excluding hydrogens is 286 g/mol. The van der Waals surface area contributed by atoms with Gasteiger partial charge in [0.05, 0.1) is 5.69 Å². The summed E-state index contributed by atoms with van der Waals surface area (Å²) in [5.41, 5.74) is 0.698. The van der Waals surface area contributed by atoms with Crippen LogP contribution in [0.3, 0.4) is 0 Å². The van der Waals surface area contributed by atoms with Gasteiger partial charge >= 0.3 is 5.97 Å². The van der Waals surface area contributed by atoms with Crippen molar-refractivity contribution < 1.29 is 14.7 Å². The first-order valence-electron chi connectivity index (χ1n) is 7.36. The average molecular weight is 309 g/mol. The minimum absolute atomic E-state index is 0.0140. The lowest BCUT2D eigenvalue weighted by molar-refractivity contribution is -0.136. The minimum Gasteiger partial charge on any atom is -0.480 e. The number of carboxylic acid groups (broad SMARTS) is 1. The maximum atomic E-state index is 11.9. The lowest BCUT2D eigenvalue weighted by Crippen LogP contribution is -2.16. The molecule has 1 aromatic carbocycles. The molecular formula is C16H23NO3S. The highest BCUT2D eigenvalue weighted by atomic mass is 32.2. The Morgan fingerprint density at radius 1 is 1.24 bits per heavy atom. The first-order chi connectivity index (χ1) is 10.1. The first kappa shape index (κ1) is 17.6. The van der Waals surface area contributed by atoms with E-state index < -0.39 is 11.2 Å². The number of amides is 1. The molecule has 0 aliphatic heterocycles. The van der Waals surface area contributed by atoms with E-state index in [0.29, 0.717) is 18.5 Å². The summed E-state index contributed by atoms with van der Waals surface area (Å²) in [6.07, 6.45) is 4.05.